The Balaban J connectivity index is 2.30. The van der Waals surface area contributed by atoms with Crippen LogP contribution >= 0.6 is 15.9 Å². The molecule has 0 aliphatic heterocycles. The lowest BCUT2D eigenvalue weighted by Gasteiger charge is -2.12. The Labute approximate surface area is 110 Å². The van der Waals surface area contributed by atoms with E-state index in [0.717, 1.165) is 16.0 Å². The molecule has 0 bridgehead atoms. The van der Waals surface area contributed by atoms with E-state index in [0.29, 0.717) is 0 Å². The van der Waals surface area contributed by atoms with Gasteiger partial charge in [0.2, 0.25) is 0 Å². The van der Waals surface area contributed by atoms with Gasteiger partial charge in [-0.05, 0) is 71.6 Å². The highest BCUT2D eigenvalue weighted by molar-refractivity contribution is 9.10. The largest absolute Gasteiger partial charge is 0.340 e. The van der Waals surface area contributed by atoms with Crippen molar-refractivity contribution in [3.05, 3.63) is 51.6 Å². The van der Waals surface area contributed by atoms with Gasteiger partial charge in [0.05, 0.1) is 0 Å². The number of anilines is 2. The van der Waals surface area contributed by atoms with Crippen molar-refractivity contribution < 1.29 is 0 Å². The standard InChI is InChI=1S/C14H15BrN2/c1-9-4-6-13(11(3)10(9)2)17-14-7-5-12(15)8-16-14/h4-8H,1-3H3,(H,16,17). The van der Waals surface area contributed by atoms with Crippen LogP contribution in [0.3, 0.4) is 0 Å². The van der Waals surface area contributed by atoms with E-state index in [-0.39, 0.29) is 0 Å². The van der Waals surface area contributed by atoms with E-state index in [2.05, 4.69) is 59.1 Å². The number of hydrogen-bond donors (Lipinski definition) is 1. The van der Waals surface area contributed by atoms with E-state index in [1.54, 1.807) is 6.20 Å². The van der Waals surface area contributed by atoms with Crippen molar-refractivity contribution in [1.29, 1.82) is 0 Å². The summed E-state index contributed by atoms with van der Waals surface area (Å²) in [7, 11) is 0. The van der Waals surface area contributed by atoms with E-state index in [4.69, 9.17) is 0 Å². The average molecular weight is 291 g/mol. The van der Waals surface area contributed by atoms with Gasteiger partial charge in [-0.3, -0.25) is 0 Å². The van der Waals surface area contributed by atoms with Crippen LogP contribution in [0.5, 0.6) is 0 Å². The number of aryl methyl sites for hydroxylation is 1. The molecule has 0 saturated heterocycles. The van der Waals surface area contributed by atoms with E-state index in [1.807, 2.05) is 12.1 Å². The first-order valence-electron chi connectivity index (χ1n) is 5.53. The maximum Gasteiger partial charge on any atom is 0.130 e. The molecule has 0 saturated carbocycles. The lowest BCUT2D eigenvalue weighted by Crippen LogP contribution is -1.98. The summed E-state index contributed by atoms with van der Waals surface area (Å²) in [6.45, 7) is 6.40. The molecule has 0 radical (unpaired) electrons. The number of halogens is 1. The SMILES string of the molecule is Cc1ccc(Nc2ccc(Br)cn2)c(C)c1C. The third-order valence-corrected chi connectivity index (χ3v) is 3.52. The van der Waals surface area contributed by atoms with Crippen molar-refractivity contribution in [3.8, 4) is 0 Å². The van der Waals surface area contributed by atoms with Crippen LogP contribution in [0, 0.1) is 20.8 Å². The molecule has 1 aromatic carbocycles. The Morgan fingerprint density at radius 1 is 1.00 bits per heavy atom. The van der Waals surface area contributed by atoms with Crippen LogP contribution in [0.25, 0.3) is 0 Å². The summed E-state index contributed by atoms with van der Waals surface area (Å²) in [5.41, 5.74) is 5.03. The van der Waals surface area contributed by atoms with E-state index in [1.165, 1.54) is 16.7 Å². The number of nitrogens with zero attached hydrogens (tertiary/aromatic N) is 1. The van der Waals surface area contributed by atoms with Gasteiger partial charge in [-0.15, -0.1) is 0 Å². The minimum Gasteiger partial charge on any atom is -0.340 e. The number of aromatic nitrogens is 1. The lowest BCUT2D eigenvalue weighted by molar-refractivity contribution is 1.24. The third kappa shape index (κ3) is 2.67. The molecule has 0 atom stereocenters. The highest BCUT2D eigenvalue weighted by Gasteiger charge is 2.04. The maximum absolute atomic E-state index is 4.31. The summed E-state index contributed by atoms with van der Waals surface area (Å²) in [6, 6.07) is 8.16. The molecule has 0 aliphatic carbocycles. The average Bonchev–Trinajstić information content (AvgIpc) is 2.33. The second-order valence-electron chi connectivity index (χ2n) is 4.17. The second kappa shape index (κ2) is 4.88. The van der Waals surface area contributed by atoms with Gasteiger partial charge in [0.25, 0.3) is 0 Å². The minimum absolute atomic E-state index is 0.861. The first-order valence-corrected chi connectivity index (χ1v) is 6.32. The van der Waals surface area contributed by atoms with Crippen LogP contribution in [-0.4, -0.2) is 4.98 Å². The molecule has 0 amide bonds. The van der Waals surface area contributed by atoms with Crippen molar-refractivity contribution >= 4 is 27.4 Å². The van der Waals surface area contributed by atoms with Crippen molar-refractivity contribution in [2.45, 2.75) is 20.8 Å². The zero-order valence-electron chi connectivity index (χ0n) is 10.2. The summed E-state index contributed by atoms with van der Waals surface area (Å²) in [6.07, 6.45) is 1.79. The molecule has 3 heteroatoms. The highest BCUT2D eigenvalue weighted by atomic mass is 79.9. The number of pyridine rings is 1. The van der Waals surface area contributed by atoms with Crippen LogP contribution in [0.1, 0.15) is 16.7 Å². The van der Waals surface area contributed by atoms with Gasteiger partial charge in [-0.25, -0.2) is 4.98 Å². The number of nitrogens with one attached hydrogen (secondary N) is 1. The predicted octanol–water partition coefficient (Wildman–Crippen LogP) is 4.51. The van der Waals surface area contributed by atoms with Crippen molar-refractivity contribution in [2.75, 3.05) is 5.32 Å². The van der Waals surface area contributed by atoms with Crippen LogP contribution in [0.15, 0.2) is 34.9 Å². The van der Waals surface area contributed by atoms with Crippen molar-refractivity contribution in [2.24, 2.45) is 0 Å². The first kappa shape index (κ1) is 12.1. The molecule has 2 aromatic rings. The monoisotopic (exact) mass is 290 g/mol. The van der Waals surface area contributed by atoms with Crippen LogP contribution in [0.4, 0.5) is 11.5 Å². The molecule has 1 N–H and O–H groups in total. The van der Waals surface area contributed by atoms with Gasteiger partial charge < -0.3 is 5.32 Å². The van der Waals surface area contributed by atoms with Crippen LogP contribution < -0.4 is 5.32 Å². The summed E-state index contributed by atoms with van der Waals surface area (Å²) in [4.78, 5) is 4.31. The van der Waals surface area contributed by atoms with Gasteiger partial charge in [0.15, 0.2) is 0 Å². The molecule has 2 nitrogen and oxygen atoms in total. The molecular weight excluding hydrogens is 276 g/mol. The molecule has 2 rings (SSSR count). The quantitative estimate of drug-likeness (QED) is 0.880. The molecule has 0 fully saturated rings. The lowest BCUT2D eigenvalue weighted by atomic mass is 10.0. The van der Waals surface area contributed by atoms with Gasteiger partial charge in [-0.1, -0.05) is 6.07 Å². The van der Waals surface area contributed by atoms with Gasteiger partial charge >= 0.3 is 0 Å². The number of hydrogen-bond acceptors (Lipinski definition) is 2. The van der Waals surface area contributed by atoms with E-state index < -0.39 is 0 Å². The van der Waals surface area contributed by atoms with Gasteiger partial charge in [-0.2, -0.15) is 0 Å². The highest BCUT2D eigenvalue weighted by Crippen LogP contribution is 2.24. The summed E-state index contributed by atoms with van der Waals surface area (Å²) < 4.78 is 0.986. The Hall–Kier alpha value is -1.35. The zero-order valence-corrected chi connectivity index (χ0v) is 11.8. The van der Waals surface area contributed by atoms with E-state index >= 15 is 0 Å². The molecule has 1 aromatic heterocycles. The molecular formula is C14H15BrN2. The second-order valence-corrected chi connectivity index (χ2v) is 5.08. The molecule has 0 spiro atoms. The number of rotatable bonds is 2. The fourth-order valence-electron chi connectivity index (χ4n) is 1.68. The predicted molar refractivity (Wildman–Crippen MR) is 75.9 cm³/mol. The zero-order chi connectivity index (χ0) is 12.4. The Bertz CT molecular complexity index is 533. The molecule has 0 unspecified atom stereocenters. The van der Waals surface area contributed by atoms with Gasteiger partial charge in [0.1, 0.15) is 5.82 Å². The molecule has 0 aliphatic rings. The Kier molecular flexibility index (Phi) is 3.48. The van der Waals surface area contributed by atoms with Crippen LogP contribution in [0.2, 0.25) is 0 Å². The normalized spacial score (nSPS) is 10.4. The Morgan fingerprint density at radius 2 is 1.76 bits per heavy atom. The molecule has 17 heavy (non-hydrogen) atoms. The van der Waals surface area contributed by atoms with Crippen LogP contribution in [-0.2, 0) is 0 Å². The third-order valence-electron chi connectivity index (χ3n) is 3.05. The van der Waals surface area contributed by atoms with E-state index in [9.17, 15) is 0 Å². The van der Waals surface area contributed by atoms with Gasteiger partial charge in [0, 0.05) is 16.4 Å². The molecule has 88 valence electrons. The summed E-state index contributed by atoms with van der Waals surface area (Å²) in [5, 5.41) is 3.34. The first-order chi connectivity index (χ1) is 8.08. The summed E-state index contributed by atoms with van der Waals surface area (Å²) >= 11 is 3.38. The fraction of sp³-hybridized carbons (Fsp3) is 0.214. The fourth-order valence-corrected chi connectivity index (χ4v) is 1.91. The smallest absolute Gasteiger partial charge is 0.130 e. The minimum atomic E-state index is 0.861. The number of benzene rings is 1. The molecule has 1 heterocycles. The Morgan fingerprint density at radius 3 is 2.41 bits per heavy atom. The maximum atomic E-state index is 4.31. The topological polar surface area (TPSA) is 24.9 Å². The summed E-state index contributed by atoms with van der Waals surface area (Å²) in [5.74, 6) is 0.861. The van der Waals surface area contributed by atoms with Crippen molar-refractivity contribution in [1.82, 2.24) is 4.98 Å². The van der Waals surface area contributed by atoms with Crippen molar-refractivity contribution in [3.63, 3.8) is 0 Å².